The number of ether oxygens (including phenoxy) is 1. The van der Waals surface area contributed by atoms with Crippen LogP contribution in [0.15, 0.2) is 4.99 Å². The van der Waals surface area contributed by atoms with Gasteiger partial charge in [0.05, 0.1) is 39.4 Å². The molecule has 7 N–H and O–H groups in total. The molecule has 0 radical (unpaired) electrons. The minimum atomic E-state index is -6.01. The monoisotopic (exact) mass is 579 g/mol. The van der Waals surface area contributed by atoms with Crippen molar-refractivity contribution in [3.05, 3.63) is 0 Å². The van der Waals surface area contributed by atoms with Gasteiger partial charge in [-0.1, -0.05) is 0 Å². The Morgan fingerprint density at radius 3 is 2.38 bits per heavy atom. The third-order valence-electron chi connectivity index (χ3n) is 4.43. The number of rotatable bonds is 8. The van der Waals surface area contributed by atoms with E-state index in [0.29, 0.717) is 0 Å². The number of nitrogens with zero attached hydrogens (tertiary/aromatic N) is 2. The zero-order chi connectivity index (χ0) is 23.2. The second-order valence-electron chi connectivity index (χ2n) is 6.65. The van der Waals surface area contributed by atoms with Gasteiger partial charge in [0.25, 0.3) is 0 Å². The van der Waals surface area contributed by atoms with Crippen LogP contribution in [0.2, 0.25) is 0 Å². The first-order valence-electron chi connectivity index (χ1n) is 8.50. The van der Waals surface area contributed by atoms with Crippen LogP contribution in [0.25, 0.3) is 0 Å². The third-order valence-corrected chi connectivity index (χ3v) is 8.18. The summed E-state index contributed by atoms with van der Waals surface area (Å²) >= 11 is 0. The molecule has 0 aromatic carbocycles. The van der Waals surface area contributed by atoms with Crippen molar-refractivity contribution in [3.63, 3.8) is 0 Å². The van der Waals surface area contributed by atoms with E-state index in [4.69, 9.17) is 15.4 Å². The smallest absolute Gasteiger partial charge is 0.861 e. The average Bonchev–Trinajstić information content (AvgIpc) is 3.13. The van der Waals surface area contributed by atoms with Gasteiger partial charge in [-0.2, -0.15) is 4.31 Å². The topological polar surface area (TPSA) is 284 Å². The summed E-state index contributed by atoms with van der Waals surface area (Å²) in [6.45, 7) is -0.660. The first-order valence-corrected chi connectivity index (χ1v) is 12.9. The average molecular weight is 579 g/mol. The van der Waals surface area contributed by atoms with E-state index in [-0.39, 0.29) is 102 Å². The molecule has 8 atom stereocenters. The summed E-state index contributed by atoms with van der Waals surface area (Å²) in [4.78, 5) is 44.5. The molecule has 0 saturated carbocycles. The molecule has 24 heteroatoms. The van der Waals surface area contributed by atoms with E-state index >= 15 is 0 Å². The van der Waals surface area contributed by atoms with Crippen LogP contribution in [-0.4, -0.2) is 75.9 Å². The van der Waals surface area contributed by atoms with Gasteiger partial charge >= 0.3 is 104 Å². The van der Waals surface area contributed by atoms with Gasteiger partial charge in [0, 0.05) is 6.42 Å². The van der Waals surface area contributed by atoms with E-state index in [9.17, 15) is 38.6 Å². The second-order valence-corrected chi connectivity index (χ2v) is 11.0. The minimum Gasteiger partial charge on any atom is -0.861 e. The molecule has 5 unspecified atom stereocenters. The summed E-state index contributed by atoms with van der Waals surface area (Å²) in [6.07, 6.45) is -4.76. The zero-order valence-electron chi connectivity index (χ0n) is 18.3. The molecule has 3 aliphatic heterocycles. The van der Waals surface area contributed by atoms with Gasteiger partial charge in [0.15, 0.2) is 6.29 Å². The maximum atomic E-state index is 11.9. The molecule has 180 valence electrons. The number of aliphatic imine (C=N–C) groups is 1. The van der Waals surface area contributed by atoms with E-state index in [1.807, 2.05) is 0 Å². The van der Waals surface area contributed by atoms with E-state index in [1.165, 1.54) is 0 Å². The molecule has 3 aliphatic rings. The van der Waals surface area contributed by atoms with Gasteiger partial charge in [0.1, 0.15) is 12.3 Å². The number of fused-ring (bicyclic) bond motifs is 1. The van der Waals surface area contributed by atoms with E-state index < -0.39 is 72.9 Å². The molecule has 18 nitrogen and oxygen atoms in total. The van der Waals surface area contributed by atoms with Crippen molar-refractivity contribution >= 4 is 29.4 Å². The Hall–Kier alpha value is 2.64. The fourth-order valence-corrected chi connectivity index (χ4v) is 6.23. The largest absolute Gasteiger partial charge is 1.00 e. The Morgan fingerprint density at radius 2 is 1.79 bits per heavy atom. The van der Waals surface area contributed by atoms with Crippen molar-refractivity contribution in [1.29, 1.82) is 0 Å². The van der Waals surface area contributed by atoms with Gasteiger partial charge < -0.3 is 39.1 Å². The first kappa shape index (κ1) is 36.6. The van der Waals surface area contributed by atoms with Crippen molar-refractivity contribution in [2.45, 2.75) is 43.4 Å². The van der Waals surface area contributed by atoms with Gasteiger partial charge in [0.2, 0.25) is 0 Å². The maximum Gasteiger partial charge on any atom is 1.00 e. The maximum absolute atomic E-state index is 11.9. The Kier molecular flexibility index (Phi) is 15.4. The van der Waals surface area contributed by atoms with Crippen LogP contribution in [0.4, 0.5) is 0 Å². The van der Waals surface area contributed by atoms with Crippen molar-refractivity contribution in [2.75, 3.05) is 13.3 Å². The van der Waals surface area contributed by atoms with Crippen LogP contribution in [0.1, 0.15) is 6.42 Å². The molecule has 0 aromatic rings. The van der Waals surface area contributed by atoms with E-state index in [1.54, 1.807) is 4.90 Å². The number of phosphoric acid groups is 3. The molecule has 0 aromatic heterocycles. The molecule has 3 rings (SSSR count). The predicted octanol–water partition coefficient (Wildman–Crippen LogP) is -14.3. The van der Waals surface area contributed by atoms with Crippen LogP contribution in [0.5, 0.6) is 0 Å². The Labute approximate surface area is 259 Å². The number of phosphoric ester groups is 1. The van der Waals surface area contributed by atoms with Crippen LogP contribution < -0.4 is 120 Å². The summed E-state index contributed by atoms with van der Waals surface area (Å²) in [5, 5.41) is 27.9. The molecule has 0 spiro atoms. The fourth-order valence-electron chi connectivity index (χ4n) is 3.26. The van der Waals surface area contributed by atoms with Gasteiger partial charge in [-0.25, -0.2) is 14.0 Å². The molecule has 0 amide bonds. The molecule has 3 heterocycles. The predicted molar refractivity (Wildman–Crippen MR) is 90.6 cm³/mol. The number of nitrogens with two attached hydrogens (primary N) is 1. The molecule has 0 aliphatic carbocycles. The second kappa shape index (κ2) is 14.3. The molecule has 2 fully saturated rings. The Balaban J connectivity index is 0.00000363. The quantitative estimate of drug-likeness (QED) is 0.115. The standard InChI is InChI=1S/C10H22N5O13P3.3Na/c11-10-13-8-7(9(17)14-10)12-3-15(8)6-1-4(16)5(26-6)2-25-30(21,22)28-31(23,24)27-29(18,19)20;;;/h4-8,10,12-13,16H,1-3,11H2,(H,14,17)(H,21,22)(H,23,24)(H2,18,19,20);;;/q;3*+1/p-3/t4-,5+,6+,7?,8?,10?;;;/m0.../s1. The summed E-state index contributed by atoms with van der Waals surface area (Å²) in [5.74, 6) is -0.466. The number of hydrogen-bond acceptors (Lipinski definition) is 16. The van der Waals surface area contributed by atoms with E-state index in [0.717, 1.165) is 0 Å². The number of aliphatic hydroxyl groups excluding tert-OH is 1. The number of nitrogens with one attached hydrogen (secondary N) is 2. The molecule has 0 bridgehead atoms. The minimum absolute atomic E-state index is 0. The summed E-state index contributed by atoms with van der Waals surface area (Å²) in [5.41, 5.74) is 5.63. The van der Waals surface area contributed by atoms with Crippen molar-refractivity contribution in [2.24, 2.45) is 10.7 Å². The van der Waals surface area contributed by atoms with Crippen LogP contribution in [0.3, 0.4) is 0 Å². The Morgan fingerprint density at radius 1 is 1.18 bits per heavy atom. The Bertz CT molecular complexity index is 868. The van der Waals surface area contributed by atoms with Gasteiger partial charge in [-0.3, -0.25) is 30.2 Å². The summed E-state index contributed by atoms with van der Waals surface area (Å²) in [7, 11) is -17.2. The van der Waals surface area contributed by atoms with Gasteiger partial charge in [-0.05, 0) is 5.90 Å². The molecule has 34 heavy (non-hydrogen) atoms. The zero-order valence-corrected chi connectivity index (χ0v) is 27.0. The van der Waals surface area contributed by atoms with Crippen molar-refractivity contribution in [3.8, 4) is 0 Å². The SMILES string of the molecule is NC1N=C([O-])C2NCN([C@H]3C[C@H](O)[C@@H](COP(=O)(O)OP(=O)(O)OP(=O)([O-])[O-])O3)C2N1.[Na+].[Na+].[Na+]. The van der Waals surface area contributed by atoms with Gasteiger partial charge in [-0.15, -0.1) is 0 Å². The van der Waals surface area contributed by atoms with Crippen LogP contribution in [0, 0.1) is 0 Å². The van der Waals surface area contributed by atoms with Crippen molar-refractivity contribution in [1.82, 2.24) is 15.5 Å². The molecule has 2 saturated heterocycles. The fraction of sp³-hybridized carbons (Fsp3) is 0.900. The summed E-state index contributed by atoms with van der Waals surface area (Å²) in [6, 6.07) is -0.696. The molecular weight excluding hydrogens is 560 g/mol. The van der Waals surface area contributed by atoms with Crippen molar-refractivity contribution < 1.29 is 150 Å². The first-order chi connectivity index (χ1) is 14.2. The van der Waals surface area contributed by atoms with Crippen LogP contribution >= 0.6 is 23.5 Å². The summed E-state index contributed by atoms with van der Waals surface area (Å²) < 4.78 is 50.3. The number of hydrogen-bond donors (Lipinski definition) is 6. The number of aliphatic hydroxyl groups is 1. The van der Waals surface area contributed by atoms with E-state index in [2.05, 4.69) is 28.8 Å². The third kappa shape index (κ3) is 10.3. The molecular formula is C10H19N5Na3O13P3. The normalized spacial score (nSPS) is 34.9. The van der Waals surface area contributed by atoms with Crippen LogP contribution in [-0.2, 0) is 31.6 Å².